The van der Waals surface area contributed by atoms with Crippen molar-refractivity contribution in [3.63, 3.8) is 0 Å². The maximum absolute atomic E-state index is 13.5. The molecule has 1 aliphatic heterocycles. The van der Waals surface area contributed by atoms with Crippen LogP contribution in [0.15, 0.2) is 41.8 Å². The quantitative estimate of drug-likeness (QED) is 0.796. The summed E-state index contributed by atoms with van der Waals surface area (Å²) < 4.78 is 18.8. The Labute approximate surface area is 143 Å². The average molecular weight is 347 g/mol. The minimum atomic E-state index is -0.373. The van der Waals surface area contributed by atoms with Gasteiger partial charge >= 0.3 is 5.97 Å². The maximum atomic E-state index is 13.5. The molecule has 0 bridgehead atoms. The van der Waals surface area contributed by atoms with E-state index in [1.54, 1.807) is 23.1 Å². The predicted octanol–water partition coefficient (Wildman–Crippen LogP) is 3.48. The van der Waals surface area contributed by atoms with Crippen LogP contribution in [0.3, 0.4) is 0 Å². The Morgan fingerprint density at radius 2 is 1.92 bits per heavy atom. The zero-order chi connectivity index (χ0) is 16.9. The molecule has 4 nitrogen and oxygen atoms in total. The van der Waals surface area contributed by atoms with Gasteiger partial charge in [-0.3, -0.25) is 9.59 Å². The highest BCUT2D eigenvalue weighted by atomic mass is 32.1. The van der Waals surface area contributed by atoms with E-state index in [2.05, 4.69) is 0 Å². The van der Waals surface area contributed by atoms with Crippen LogP contribution in [-0.2, 0) is 16.1 Å². The van der Waals surface area contributed by atoms with E-state index in [4.69, 9.17) is 4.74 Å². The van der Waals surface area contributed by atoms with Crippen LogP contribution in [0.25, 0.3) is 0 Å². The van der Waals surface area contributed by atoms with Gasteiger partial charge in [0.15, 0.2) is 0 Å². The van der Waals surface area contributed by atoms with Crippen molar-refractivity contribution in [3.05, 3.63) is 58.0 Å². The van der Waals surface area contributed by atoms with Gasteiger partial charge in [-0.2, -0.15) is 0 Å². The molecule has 3 rings (SSSR count). The highest BCUT2D eigenvalue weighted by Gasteiger charge is 2.29. The summed E-state index contributed by atoms with van der Waals surface area (Å²) in [6, 6.07) is 9.91. The van der Waals surface area contributed by atoms with E-state index in [0.717, 1.165) is 4.88 Å². The Morgan fingerprint density at radius 1 is 1.17 bits per heavy atom. The van der Waals surface area contributed by atoms with E-state index in [-0.39, 0.29) is 30.2 Å². The van der Waals surface area contributed by atoms with Gasteiger partial charge in [-0.15, -0.1) is 11.3 Å². The summed E-state index contributed by atoms with van der Waals surface area (Å²) in [5.41, 5.74) is 0.371. The number of esters is 1. The van der Waals surface area contributed by atoms with E-state index >= 15 is 0 Å². The zero-order valence-corrected chi connectivity index (χ0v) is 13.9. The van der Waals surface area contributed by atoms with Gasteiger partial charge in [-0.05, 0) is 30.4 Å². The number of ether oxygens (including phenoxy) is 1. The molecule has 2 heterocycles. The minimum Gasteiger partial charge on any atom is -0.460 e. The van der Waals surface area contributed by atoms with Crippen molar-refractivity contribution < 1.29 is 18.7 Å². The van der Waals surface area contributed by atoms with Crippen molar-refractivity contribution in [3.8, 4) is 0 Å². The van der Waals surface area contributed by atoms with Crippen LogP contribution in [0, 0.1) is 11.7 Å². The molecule has 1 amide bonds. The number of hydrogen-bond acceptors (Lipinski definition) is 4. The largest absolute Gasteiger partial charge is 0.460 e. The Kier molecular flexibility index (Phi) is 5.25. The smallest absolute Gasteiger partial charge is 0.309 e. The number of piperidine rings is 1. The predicted molar refractivity (Wildman–Crippen MR) is 89.1 cm³/mol. The van der Waals surface area contributed by atoms with Crippen LogP contribution in [0.4, 0.5) is 4.39 Å². The van der Waals surface area contributed by atoms with E-state index < -0.39 is 0 Å². The zero-order valence-electron chi connectivity index (χ0n) is 13.1. The van der Waals surface area contributed by atoms with E-state index in [0.29, 0.717) is 31.5 Å². The Hall–Kier alpha value is -2.21. The third-order valence-corrected chi connectivity index (χ3v) is 5.03. The number of halogens is 1. The van der Waals surface area contributed by atoms with Crippen molar-refractivity contribution in [2.45, 2.75) is 19.4 Å². The molecule has 0 aliphatic carbocycles. The Morgan fingerprint density at radius 3 is 2.58 bits per heavy atom. The first-order valence-electron chi connectivity index (χ1n) is 7.88. The summed E-state index contributed by atoms with van der Waals surface area (Å²) in [5.74, 6) is -0.907. The molecule has 1 aromatic carbocycles. The summed E-state index contributed by atoms with van der Waals surface area (Å²) in [6.07, 6.45) is 1.15. The molecule has 0 spiro atoms. The molecule has 2 aromatic rings. The molecule has 1 aromatic heterocycles. The summed E-state index contributed by atoms with van der Waals surface area (Å²) >= 11 is 1.42. The number of carbonyl (C=O) groups is 2. The van der Waals surface area contributed by atoms with Crippen LogP contribution < -0.4 is 0 Å². The maximum Gasteiger partial charge on any atom is 0.309 e. The molecule has 1 aliphatic rings. The second kappa shape index (κ2) is 7.57. The highest BCUT2D eigenvalue weighted by molar-refractivity contribution is 7.12. The van der Waals surface area contributed by atoms with E-state index in [1.165, 1.54) is 17.4 Å². The molecular weight excluding hydrogens is 329 g/mol. The molecule has 24 heavy (non-hydrogen) atoms. The number of nitrogens with zero attached hydrogens (tertiary/aromatic N) is 1. The van der Waals surface area contributed by atoms with Crippen LogP contribution in [0.1, 0.15) is 28.1 Å². The number of hydrogen-bond donors (Lipinski definition) is 0. The fourth-order valence-corrected chi connectivity index (χ4v) is 3.45. The normalized spacial score (nSPS) is 15.3. The second-order valence-corrected chi connectivity index (χ2v) is 6.69. The van der Waals surface area contributed by atoms with Crippen LogP contribution in [0.2, 0.25) is 0 Å². The molecule has 0 unspecified atom stereocenters. The molecule has 1 saturated heterocycles. The first-order valence-corrected chi connectivity index (χ1v) is 8.76. The van der Waals surface area contributed by atoms with Gasteiger partial charge in [-0.25, -0.2) is 4.39 Å². The van der Waals surface area contributed by atoms with Crippen molar-refractivity contribution in [1.29, 1.82) is 0 Å². The lowest BCUT2D eigenvalue weighted by Gasteiger charge is -2.30. The third kappa shape index (κ3) is 3.82. The molecule has 0 saturated carbocycles. The summed E-state index contributed by atoms with van der Waals surface area (Å²) in [6.45, 7) is 1.02. The summed E-state index contributed by atoms with van der Waals surface area (Å²) in [5, 5.41) is 1.88. The monoisotopic (exact) mass is 347 g/mol. The minimum absolute atomic E-state index is 0.0168. The number of carbonyl (C=O) groups excluding carboxylic acids is 2. The molecule has 0 atom stereocenters. The molecule has 0 radical (unpaired) electrons. The lowest BCUT2D eigenvalue weighted by atomic mass is 9.97. The van der Waals surface area contributed by atoms with Crippen molar-refractivity contribution >= 4 is 23.2 Å². The first-order chi connectivity index (χ1) is 11.6. The summed E-state index contributed by atoms with van der Waals surface area (Å²) in [7, 11) is 0. The molecule has 1 fully saturated rings. The van der Waals surface area contributed by atoms with Gasteiger partial charge in [-0.1, -0.05) is 24.3 Å². The van der Waals surface area contributed by atoms with E-state index in [1.807, 2.05) is 17.5 Å². The molecular formula is C18H18FNO3S. The summed E-state index contributed by atoms with van der Waals surface area (Å²) in [4.78, 5) is 26.9. The lowest BCUT2D eigenvalue weighted by Crippen LogP contribution is -2.40. The Balaban J connectivity index is 1.48. The van der Waals surface area contributed by atoms with Gasteiger partial charge in [0, 0.05) is 18.7 Å². The first kappa shape index (κ1) is 16.6. The lowest BCUT2D eigenvalue weighted by molar-refractivity contribution is -0.151. The number of amides is 1. The van der Waals surface area contributed by atoms with Crippen LogP contribution >= 0.6 is 11.3 Å². The third-order valence-electron chi connectivity index (χ3n) is 4.18. The second-order valence-electron chi connectivity index (χ2n) is 5.74. The SMILES string of the molecule is O=C(OCc1ccccc1F)C1CCN(C(=O)c2cccs2)CC1. The number of benzene rings is 1. The highest BCUT2D eigenvalue weighted by Crippen LogP contribution is 2.22. The van der Waals surface area contributed by atoms with Crippen molar-refractivity contribution in [2.24, 2.45) is 5.92 Å². The van der Waals surface area contributed by atoms with Crippen LogP contribution in [0.5, 0.6) is 0 Å². The van der Waals surface area contributed by atoms with Gasteiger partial charge in [0.1, 0.15) is 12.4 Å². The fraction of sp³-hybridized carbons (Fsp3) is 0.333. The average Bonchev–Trinajstić information content (AvgIpc) is 3.15. The van der Waals surface area contributed by atoms with Gasteiger partial charge in [0.05, 0.1) is 10.8 Å². The van der Waals surface area contributed by atoms with E-state index in [9.17, 15) is 14.0 Å². The van der Waals surface area contributed by atoms with Crippen LogP contribution in [-0.4, -0.2) is 29.9 Å². The number of thiophene rings is 1. The molecule has 126 valence electrons. The standard InChI is InChI=1S/C18H18FNO3S/c19-15-5-2-1-4-14(15)12-23-18(22)13-7-9-20(10-8-13)17(21)16-6-3-11-24-16/h1-6,11,13H,7-10,12H2. The topological polar surface area (TPSA) is 46.6 Å². The Bertz CT molecular complexity index is 709. The van der Waals surface area contributed by atoms with Gasteiger partial charge in [0.25, 0.3) is 5.91 Å². The van der Waals surface area contributed by atoms with Crippen molar-refractivity contribution in [1.82, 2.24) is 4.90 Å². The number of rotatable bonds is 4. The molecule has 6 heteroatoms. The van der Waals surface area contributed by atoms with Gasteiger partial charge in [0.2, 0.25) is 0 Å². The fourth-order valence-electron chi connectivity index (χ4n) is 2.76. The van der Waals surface area contributed by atoms with Gasteiger partial charge < -0.3 is 9.64 Å². The van der Waals surface area contributed by atoms with Crippen molar-refractivity contribution in [2.75, 3.05) is 13.1 Å². The molecule has 0 N–H and O–H groups in total. The number of likely N-dealkylation sites (tertiary alicyclic amines) is 1.